The Balaban J connectivity index is 0.000000147. The van der Waals surface area contributed by atoms with Gasteiger partial charge in [0, 0.05) is 60.1 Å². The summed E-state index contributed by atoms with van der Waals surface area (Å²) in [5, 5.41) is 2.46. The zero-order valence-electron chi connectivity index (χ0n) is 20.9. The number of aromatic amines is 1. The SMILES string of the molecule is CC1Cc2c([nH]c3ccccc23)CN1CC(C)(C)F.FCC1CN(Cc2cc3ccccc3o2)C1. The summed E-state index contributed by atoms with van der Waals surface area (Å²) in [5.74, 6) is 1.21. The minimum Gasteiger partial charge on any atom is -0.460 e. The van der Waals surface area contributed by atoms with Crippen LogP contribution in [0.4, 0.5) is 8.78 Å². The van der Waals surface area contributed by atoms with Crippen molar-refractivity contribution < 1.29 is 13.2 Å². The number of benzene rings is 2. The highest BCUT2D eigenvalue weighted by Crippen LogP contribution is 2.31. The summed E-state index contributed by atoms with van der Waals surface area (Å²) in [6.07, 6.45) is 0.995. The van der Waals surface area contributed by atoms with E-state index >= 15 is 0 Å². The Bertz CT molecular complexity index is 1250. The molecule has 2 aliphatic rings. The average Bonchev–Trinajstić information content (AvgIpc) is 3.36. The number of halogens is 2. The van der Waals surface area contributed by atoms with E-state index in [-0.39, 0.29) is 12.6 Å². The number of aromatic nitrogens is 1. The molecule has 4 heterocycles. The molecule has 2 aromatic carbocycles. The highest BCUT2D eigenvalue weighted by atomic mass is 19.1. The molecule has 1 saturated heterocycles. The normalized spacial score (nSPS) is 19.4. The van der Waals surface area contributed by atoms with Gasteiger partial charge in [0.05, 0.1) is 13.2 Å². The molecule has 2 aliphatic heterocycles. The van der Waals surface area contributed by atoms with E-state index in [0.717, 1.165) is 49.3 Å². The lowest BCUT2D eigenvalue weighted by Crippen LogP contribution is -2.46. The van der Waals surface area contributed by atoms with E-state index in [1.165, 1.54) is 22.2 Å². The van der Waals surface area contributed by atoms with Gasteiger partial charge in [-0.3, -0.25) is 14.2 Å². The standard InChI is InChI=1S/C16H21FN2.C13H14FNO/c1-11-8-13-12-6-4-5-7-14(12)18-15(13)9-19(11)10-16(2,3)17;14-6-10-7-15(8-10)9-12-5-11-3-1-2-4-13(11)16-12/h4-7,11,18H,8-10H2,1-3H3;1-5,10H,6-9H2. The van der Waals surface area contributed by atoms with Crippen molar-refractivity contribution in [2.75, 3.05) is 26.3 Å². The molecule has 2 aromatic heterocycles. The molecule has 35 heavy (non-hydrogen) atoms. The first-order valence-electron chi connectivity index (χ1n) is 12.6. The first-order valence-corrected chi connectivity index (χ1v) is 12.6. The van der Waals surface area contributed by atoms with Crippen molar-refractivity contribution in [2.45, 2.75) is 52.0 Å². The first-order chi connectivity index (χ1) is 16.8. The van der Waals surface area contributed by atoms with Crippen LogP contribution >= 0.6 is 0 Å². The summed E-state index contributed by atoms with van der Waals surface area (Å²) in [4.78, 5) is 7.93. The van der Waals surface area contributed by atoms with E-state index in [4.69, 9.17) is 4.42 Å². The third-order valence-corrected chi connectivity index (χ3v) is 7.07. The molecule has 1 fully saturated rings. The molecule has 0 saturated carbocycles. The predicted molar refractivity (Wildman–Crippen MR) is 138 cm³/mol. The van der Waals surface area contributed by atoms with E-state index in [1.54, 1.807) is 13.8 Å². The molecule has 6 rings (SSSR count). The zero-order valence-corrected chi connectivity index (χ0v) is 20.9. The molecule has 1 N–H and O–H groups in total. The van der Waals surface area contributed by atoms with Gasteiger partial charge in [0.2, 0.25) is 0 Å². The Kier molecular flexibility index (Phi) is 6.69. The lowest BCUT2D eigenvalue weighted by molar-refractivity contribution is 0.0677. The van der Waals surface area contributed by atoms with Crippen molar-refractivity contribution in [2.24, 2.45) is 5.92 Å². The van der Waals surface area contributed by atoms with Crippen LogP contribution in [0.2, 0.25) is 0 Å². The number of alkyl halides is 2. The lowest BCUT2D eigenvalue weighted by Gasteiger charge is -2.36. The topological polar surface area (TPSA) is 35.4 Å². The van der Waals surface area contributed by atoms with Crippen LogP contribution in [-0.2, 0) is 19.5 Å². The fourth-order valence-electron chi connectivity index (χ4n) is 5.34. The van der Waals surface area contributed by atoms with Crippen molar-refractivity contribution in [1.29, 1.82) is 0 Å². The van der Waals surface area contributed by atoms with E-state index in [1.807, 2.05) is 24.3 Å². The highest BCUT2D eigenvalue weighted by molar-refractivity contribution is 5.85. The van der Waals surface area contributed by atoms with Crippen LogP contribution in [0.25, 0.3) is 21.9 Å². The number of H-pyrrole nitrogens is 1. The van der Waals surface area contributed by atoms with Crippen molar-refractivity contribution in [3.63, 3.8) is 0 Å². The van der Waals surface area contributed by atoms with Crippen molar-refractivity contribution in [3.05, 3.63) is 71.6 Å². The third-order valence-electron chi connectivity index (χ3n) is 7.07. The Morgan fingerprint density at radius 1 is 1.09 bits per heavy atom. The third kappa shape index (κ3) is 5.44. The van der Waals surface area contributed by atoms with Gasteiger partial charge in [-0.15, -0.1) is 0 Å². The van der Waals surface area contributed by atoms with Gasteiger partial charge in [-0.1, -0.05) is 36.4 Å². The summed E-state index contributed by atoms with van der Waals surface area (Å²) >= 11 is 0. The van der Waals surface area contributed by atoms with Crippen molar-refractivity contribution in [3.8, 4) is 0 Å². The summed E-state index contributed by atoms with van der Waals surface area (Å²) < 4.78 is 31.9. The van der Waals surface area contributed by atoms with Crippen LogP contribution in [-0.4, -0.2) is 52.8 Å². The van der Waals surface area contributed by atoms with Gasteiger partial charge in [-0.05, 0) is 51.0 Å². The van der Waals surface area contributed by atoms with Gasteiger partial charge in [0.15, 0.2) is 0 Å². The molecule has 6 heteroatoms. The number of hydrogen-bond donors (Lipinski definition) is 1. The molecule has 4 aromatic rings. The van der Waals surface area contributed by atoms with Gasteiger partial charge in [0.1, 0.15) is 17.0 Å². The molecule has 0 amide bonds. The number of fused-ring (bicyclic) bond motifs is 4. The monoisotopic (exact) mass is 479 g/mol. The van der Waals surface area contributed by atoms with Gasteiger partial charge >= 0.3 is 0 Å². The van der Waals surface area contributed by atoms with E-state index in [0.29, 0.717) is 12.6 Å². The Morgan fingerprint density at radius 2 is 1.83 bits per heavy atom. The summed E-state index contributed by atoms with van der Waals surface area (Å²) in [6, 6.07) is 18.9. The van der Waals surface area contributed by atoms with Crippen molar-refractivity contribution >= 4 is 21.9 Å². The highest BCUT2D eigenvalue weighted by Gasteiger charge is 2.30. The maximum atomic E-state index is 13.9. The molecule has 186 valence electrons. The van der Waals surface area contributed by atoms with E-state index < -0.39 is 5.67 Å². The Hall–Kier alpha value is -2.70. The number of likely N-dealkylation sites (tertiary alicyclic amines) is 1. The molecule has 4 nitrogen and oxygen atoms in total. The second kappa shape index (κ2) is 9.75. The van der Waals surface area contributed by atoms with Crippen LogP contribution in [0.5, 0.6) is 0 Å². The number of rotatable bonds is 5. The minimum absolute atomic E-state index is 0.198. The number of furan rings is 1. The summed E-state index contributed by atoms with van der Waals surface area (Å²) in [5.41, 5.74) is 3.65. The Labute approximate surface area is 205 Å². The van der Waals surface area contributed by atoms with Gasteiger partial charge in [0.25, 0.3) is 0 Å². The zero-order chi connectivity index (χ0) is 24.6. The quantitative estimate of drug-likeness (QED) is 0.355. The Morgan fingerprint density at radius 3 is 2.57 bits per heavy atom. The van der Waals surface area contributed by atoms with Crippen LogP contribution in [0.3, 0.4) is 0 Å². The molecule has 1 atom stereocenters. The number of hydrogen-bond acceptors (Lipinski definition) is 3. The van der Waals surface area contributed by atoms with Gasteiger partial charge in [-0.25, -0.2) is 4.39 Å². The largest absolute Gasteiger partial charge is 0.460 e. The fraction of sp³-hybridized carbons (Fsp3) is 0.448. The number of nitrogens with zero attached hydrogens (tertiary/aromatic N) is 2. The molecular formula is C29H35F2N3O. The molecule has 0 aliphatic carbocycles. The first kappa shape index (κ1) is 24.0. The number of nitrogens with one attached hydrogen (secondary N) is 1. The van der Waals surface area contributed by atoms with E-state index in [2.05, 4.69) is 52.0 Å². The lowest BCUT2D eigenvalue weighted by atomic mass is 9.96. The fourth-order valence-corrected chi connectivity index (χ4v) is 5.34. The maximum Gasteiger partial charge on any atom is 0.134 e. The molecule has 0 spiro atoms. The second-order valence-electron chi connectivity index (χ2n) is 10.8. The van der Waals surface area contributed by atoms with Crippen LogP contribution in [0, 0.1) is 5.92 Å². The second-order valence-corrected chi connectivity index (χ2v) is 10.8. The number of para-hydroxylation sites is 2. The van der Waals surface area contributed by atoms with Crippen LogP contribution < -0.4 is 0 Å². The average molecular weight is 480 g/mol. The van der Waals surface area contributed by atoms with E-state index in [9.17, 15) is 8.78 Å². The smallest absolute Gasteiger partial charge is 0.134 e. The van der Waals surface area contributed by atoms with Gasteiger partial charge in [-0.2, -0.15) is 0 Å². The van der Waals surface area contributed by atoms with Gasteiger partial charge < -0.3 is 9.40 Å². The molecule has 1 unspecified atom stereocenters. The molecular weight excluding hydrogens is 444 g/mol. The predicted octanol–water partition coefficient (Wildman–Crippen LogP) is 6.50. The van der Waals surface area contributed by atoms with Crippen molar-refractivity contribution in [1.82, 2.24) is 14.8 Å². The molecule has 0 radical (unpaired) electrons. The summed E-state index contributed by atoms with van der Waals surface area (Å²) in [7, 11) is 0. The summed E-state index contributed by atoms with van der Waals surface area (Å²) in [6.45, 7) is 9.11. The van der Waals surface area contributed by atoms with Crippen LogP contribution in [0.15, 0.2) is 59.0 Å². The minimum atomic E-state index is -1.14. The maximum absolute atomic E-state index is 13.9. The molecule has 0 bridgehead atoms. The van der Waals surface area contributed by atoms with Crippen LogP contribution in [0.1, 0.15) is 37.8 Å².